The maximum atomic E-state index is 13.5. The molecule has 0 bridgehead atoms. The van der Waals surface area contributed by atoms with Crippen molar-refractivity contribution in [2.24, 2.45) is 5.92 Å². The highest BCUT2D eigenvalue weighted by Crippen LogP contribution is 2.21. The summed E-state index contributed by atoms with van der Waals surface area (Å²) in [7, 11) is 1.38. The summed E-state index contributed by atoms with van der Waals surface area (Å²) >= 11 is 0. The van der Waals surface area contributed by atoms with Crippen LogP contribution in [0.1, 0.15) is 24.2 Å². The quantitative estimate of drug-likeness (QED) is 0.857. The van der Waals surface area contributed by atoms with Crippen molar-refractivity contribution in [2.75, 3.05) is 20.1 Å². The maximum absolute atomic E-state index is 13.5. The lowest BCUT2D eigenvalue weighted by molar-refractivity contribution is -0.121. The van der Waals surface area contributed by atoms with Gasteiger partial charge in [0.05, 0.1) is 6.54 Å². The second-order valence-corrected chi connectivity index (χ2v) is 4.99. The van der Waals surface area contributed by atoms with E-state index in [0.717, 1.165) is 11.0 Å². The van der Waals surface area contributed by atoms with Gasteiger partial charge in [-0.3, -0.25) is 9.59 Å². The van der Waals surface area contributed by atoms with E-state index in [0.29, 0.717) is 12.5 Å². The SMILES string of the molecule is CC(C)CNC(=O)CN(C)C(=O)c1c(O)cccc1F. The summed E-state index contributed by atoms with van der Waals surface area (Å²) in [6, 6.07) is 3.61. The summed E-state index contributed by atoms with van der Waals surface area (Å²) in [6.45, 7) is 4.21. The second-order valence-electron chi connectivity index (χ2n) is 4.99. The number of nitrogens with zero attached hydrogens (tertiary/aromatic N) is 1. The average molecular weight is 282 g/mol. The van der Waals surface area contributed by atoms with E-state index in [-0.39, 0.29) is 12.5 Å². The standard InChI is InChI=1S/C14H19FN2O3/c1-9(2)7-16-12(19)8-17(3)14(20)13-10(15)5-4-6-11(13)18/h4-6,9,18H,7-8H2,1-3H3,(H,16,19). The van der Waals surface area contributed by atoms with Gasteiger partial charge in [-0.15, -0.1) is 0 Å². The molecule has 1 aromatic rings. The predicted molar refractivity (Wildman–Crippen MR) is 72.9 cm³/mol. The van der Waals surface area contributed by atoms with Gasteiger partial charge < -0.3 is 15.3 Å². The molecule has 2 amide bonds. The number of nitrogens with one attached hydrogen (secondary N) is 1. The summed E-state index contributed by atoms with van der Waals surface area (Å²) < 4.78 is 13.5. The average Bonchev–Trinajstić information content (AvgIpc) is 2.35. The van der Waals surface area contributed by atoms with Crippen molar-refractivity contribution in [1.29, 1.82) is 0 Å². The van der Waals surface area contributed by atoms with Crippen LogP contribution in [0.5, 0.6) is 5.75 Å². The summed E-state index contributed by atoms with van der Waals surface area (Å²) in [6.07, 6.45) is 0. The number of phenols is 1. The molecule has 0 atom stereocenters. The van der Waals surface area contributed by atoms with Crippen molar-refractivity contribution < 1.29 is 19.1 Å². The van der Waals surface area contributed by atoms with Crippen molar-refractivity contribution in [3.63, 3.8) is 0 Å². The number of likely N-dealkylation sites (N-methyl/N-ethyl adjacent to an activating group) is 1. The van der Waals surface area contributed by atoms with Crippen molar-refractivity contribution >= 4 is 11.8 Å². The van der Waals surface area contributed by atoms with Crippen LogP contribution in [-0.2, 0) is 4.79 Å². The zero-order chi connectivity index (χ0) is 15.3. The van der Waals surface area contributed by atoms with Gasteiger partial charge in [-0.2, -0.15) is 0 Å². The van der Waals surface area contributed by atoms with Crippen LogP contribution >= 0.6 is 0 Å². The first-order valence-electron chi connectivity index (χ1n) is 6.32. The van der Waals surface area contributed by atoms with Gasteiger partial charge in [0.1, 0.15) is 17.1 Å². The summed E-state index contributed by atoms with van der Waals surface area (Å²) in [5.74, 6) is -2.02. The Morgan fingerprint density at radius 1 is 1.40 bits per heavy atom. The molecule has 0 aromatic heterocycles. The number of phenolic OH excluding ortho intramolecular Hbond substituents is 1. The molecule has 0 radical (unpaired) electrons. The smallest absolute Gasteiger partial charge is 0.260 e. The van der Waals surface area contributed by atoms with E-state index >= 15 is 0 Å². The van der Waals surface area contributed by atoms with E-state index in [4.69, 9.17) is 0 Å². The Morgan fingerprint density at radius 2 is 2.05 bits per heavy atom. The van der Waals surface area contributed by atoms with Crippen LogP contribution in [0.3, 0.4) is 0 Å². The molecule has 0 spiro atoms. The van der Waals surface area contributed by atoms with E-state index in [9.17, 15) is 19.1 Å². The van der Waals surface area contributed by atoms with Crippen LogP contribution in [0.4, 0.5) is 4.39 Å². The molecule has 6 heteroatoms. The number of halogens is 1. The van der Waals surface area contributed by atoms with Gasteiger partial charge >= 0.3 is 0 Å². The number of hydrogen-bond acceptors (Lipinski definition) is 3. The highest BCUT2D eigenvalue weighted by Gasteiger charge is 2.21. The molecule has 0 aliphatic heterocycles. The van der Waals surface area contributed by atoms with Crippen molar-refractivity contribution in [3.05, 3.63) is 29.6 Å². The molecule has 1 rings (SSSR count). The Balaban J connectivity index is 2.70. The topological polar surface area (TPSA) is 69.6 Å². The Bertz CT molecular complexity index is 483. The molecule has 0 saturated heterocycles. The predicted octanol–water partition coefficient (Wildman–Crippen LogP) is 1.38. The Kier molecular flexibility index (Phi) is 5.49. The minimum atomic E-state index is -0.815. The highest BCUT2D eigenvalue weighted by atomic mass is 19.1. The number of carbonyl (C=O) groups excluding carboxylic acids is 2. The number of hydrogen-bond donors (Lipinski definition) is 2. The molecule has 20 heavy (non-hydrogen) atoms. The number of rotatable bonds is 5. The normalized spacial score (nSPS) is 10.4. The molecule has 0 heterocycles. The summed E-state index contributed by atoms with van der Waals surface area (Å²) in [5, 5.41) is 12.2. The van der Waals surface area contributed by atoms with Gasteiger partial charge in [-0.25, -0.2) is 4.39 Å². The minimum absolute atomic E-state index is 0.195. The van der Waals surface area contributed by atoms with E-state index in [1.807, 2.05) is 13.8 Å². The summed E-state index contributed by atoms with van der Waals surface area (Å²) in [5.41, 5.74) is -0.424. The molecule has 5 nitrogen and oxygen atoms in total. The van der Waals surface area contributed by atoms with Gasteiger partial charge in [-0.05, 0) is 18.1 Å². The lowest BCUT2D eigenvalue weighted by Crippen LogP contribution is -2.39. The molecule has 0 aliphatic carbocycles. The van der Waals surface area contributed by atoms with Crippen molar-refractivity contribution in [1.82, 2.24) is 10.2 Å². The first kappa shape index (κ1) is 15.9. The van der Waals surface area contributed by atoms with E-state index in [1.54, 1.807) is 0 Å². The number of carbonyl (C=O) groups is 2. The third kappa shape index (κ3) is 4.22. The fraction of sp³-hybridized carbons (Fsp3) is 0.429. The first-order valence-corrected chi connectivity index (χ1v) is 6.32. The highest BCUT2D eigenvalue weighted by molar-refractivity contribution is 5.98. The molecule has 110 valence electrons. The van der Waals surface area contributed by atoms with E-state index < -0.39 is 23.0 Å². The Morgan fingerprint density at radius 3 is 2.60 bits per heavy atom. The molecule has 1 aromatic carbocycles. The van der Waals surface area contributed by atoms with Gasteiger partial charge in [0.15, 0.2) is 0 Å². The Hall–Kier alpha value is -2.11. The molecule has 0 unspecified atom stereocenters. The third-order valence-electron chi connectivity index (χ3n) is 2.64. The Labute approximate surface area is 117 Å². The van der Waals surface area contributed by atoms with Crippen LogP contribution in [0.2, 0.25) is 0 Å². The van der Waals surface area contributed by atoms with Crippen LogP contribution in [0, 0.1) is 11.7 Å². The van der Waals surface area contributed by atoms with E-state index in [1.165, 1.54) is 19.2 Å². The van der Waals surface area contributed by atoms with Crippen LogP contribution < -0.4 is 5.32 Å². The van der Waals surface area contributed by atoms with Crippen molar-refractivity contribution in [3.8, 4) is 5.75 Å². The fourth-order valence-corrected chi connectivity index (χ4v) is 1.58. The second kappa shape index (κ2) is 6.88. The zero-order valence-corrected chi connectivity index (χ0v) is 11.8. The number of amides is 2. The number of aromatic hydroxyl groups is 1. The lowest BCUT2D eigenvalue weighted by Gasteiger charge is -2.18. The first-order chi connectivity index (χ1) is 9.32. The monoisotopic (exact) mass is 282 g/mol. The van der Waals surface area contributed by atoms with Gasteiger partial charge in [-0.1, -0.05) is 19.9 Å². The molecular formula is C14H19FN2O3. The van der Waals surface area contributed by atoms with Crippen LogP contribution in [0.15, 0.2) is 18.2 Å². The van der Waals surface area contributed by atoms with Crippen molar-refractivity contribution in [2.45, 2.75) is 13.8 Å². The zero-order valence-electron chi connectivity index (χ0n) is 11.8. The number of benzene rings is 1. The fourth-order valence-electron chi connectivity index (χ4n) is 1.58. The molecular weight excluding hydrogens is 263 g/mol. The minimum Gasteiger partial charge on any atom is -0.507 e. The largest absolute Gasteiger partial charge is 0.507 e. The molecule has 0 saturated carbocycles. The third-order valence-corrected chi connectivity index (χ3v) is 2.64. The van der Waals surface area contributed by atoms with Crippen LogP contribution in [-0.4, -0.2) is 42.0 Å². The molecule has 0 fully saturated rings. The van der Waals surface area contributed by atoms with Crippen LogP contribution in [0.25, 0.3) is 0 Å². The maximum Gasteiger partial charge on any atom is 0.260 e. The van der Waals surface area contributed by atoms with E-state index in [2.05, 4.69) is 5.32 Å². The summed E-state index contributed by atoms with van der Waals surface area (Å²) in [4.78, 5) is 24.7. The van der Waals surface area contributed by atoms with Gasteiger partial charge in [0, 0.05) is 13.6 Å². The molecule has 0 aliphatic rings. The molecule has 2 N–H and O–H groups in total. The van der Waals surface area contributed by atoms with Gasteiger partial charge in [0.25, 0.3) is 5.91 Å². The lowest BCUT2D eigenvalue weighted by atomic mass is 10.1. The van der Waals surface area contributed by atoms with Gasteiger partial charge in [0.2, 0.25) is 5.91 Å².